The van der Waals surface area contributed by atoms with Gasteiger partial charge in [-0.1, -0.05) is 13.3 Å². The maximum Gasteiger partial charge on any atom is 0.276 e. The smallest absolute Gasteiger partial charge is 0.276 e. The molecule has 0 aliphatic carbocycles. The number of nitro groups is 1. The van der Waals surface area contributed by atoms with Crippen LogP contribution >= 0.6 is 0 Å². The summed E-state index contributed by atoms with van der Waals surface area (Å²) in [5.41, 5.74) is -0.0961. The highest BCUT2D eigenvalue weighted by Gasteiger charge is 2.19. The number of nitrogens with zero attached hydrogens (tertiary/aromatic N) is 2. The fourth-order valence-electron chi connectivity index (χ4n) is 1.99. The fourth-order valence-corrected chi connectivity index (χ4v) is 1.99. The summed E-state index contributed by atoms with van der Waals surface area (Å²) in [6.07, 6.45) is 2.00. The Morgan fingerprint density at radius 3 is 2.47 bits per heavy atom. The van der Waals surface area contributed by atoms with Gasteiger partial charge in [0.25, 0.3) is 5.69 Å². The summed E-state index contributed by atoms with van der Waals surface area (Å²) in [6, 6.07) is 2.92. The van der Waals surface area contributed by atoms with Crippen LogP contribution in [0.15, 0.2) is 12.1 Å². The van der Waals surface area contributed by atoms with Gasteiger partial charge in [0.05, 0.1) is 17.1 Å². The van der Waals surface area contributed by atoms with Crippen molar-refractivity contribution in [3.8, 4) is 0 Å². The van der Waals surface area contributed by atoms with Crippen LogP contribution in [0.2, 0.25) is 0 Å². The lowest BCUT2D eigenvalue weighted by molar-refractivity contribution is -0.384. The molecule has 0 saturated heterocycles. The third-order valence-electron chi connectivity index (χ3n) is 2.72. The summed E-state index contributed by atoms with van der Waals surface area (Å²) >= 11 is 0. The number of hydrogen-bond acceptors (Lipinski definition) is 5. The van der Waals surface area contributed by atoms with Crippen LogP contribution in [0.5, 0.6) is 0 Å². The number of pyridine rings is 1. The number of rotatable bonds is 7. The van der Waals surface area contributed by atoms with Gasteiger partial charge in [-0.2, -0.15) is 0 Å². The quantitative estimate of drug-likeness (QED) is 0.584. The van der Waals surface area contributed by atoms with Crippen LogP contribution < -0.4 is 10.6 Å². The number of aromatic nitrogens is 1. The van der Waals surface area contributed by atoms with Gasteiger partial charge < -0.3 is 10.6 Å². The van der Waals surface area contributed by atoms with E-state index in [-0.39, 0.29) is 11.2 Å². The highest BCUT2D eigenvalue weighted by Crippen LogP contribution is 2.24. The number of nitrogens with one attached hydrogen (secondary N) is 2. The van der Waals surface area contributed by atoms with Crippen molar-refractivity contribution in [1.29, 1.82) is 0 Å². The van der Waals surface area contributed by atoms with Crippen molar-refractivity contribution in [1.82, 2.24) is 4.98 Å². The summed E-state index contributed by atoms with van der Waals surface area (Å²) < 4.78 is 0. The van der Waals surface area contributed by atoms with Gasteiger partial charge in [0, 0.05) is 12.1 Å². The van der Waals surface area contributed by atoms with Gasteiger partial charge in [-0.15, -0.1) is 0 Å². The van der Waals surface area contributed by atoms with Gasteiger partial charge in [0.1, 0.15) is 11.6 Å². The predicted molar refractivity (Wildman–Crippen MR) is 77.7 cm³/mol. The summed E-state index contributed by atoms with van der Waals surface area (Å²) in [5.74, 6) is 1.05. The SMILES string of the molecule is CCCC(C)(C)Nc1cc([N+](=O)[O-])cc(NCC)n1. The summed E-state index contributed by atoms with van der Waals surface area (Å²) in [5, 5.41) is 17.2. The minimum atomic E-state index is -0.402. The Balaban J connectivity index is 3.02. The molecule has 0 amide bonds. The van der Waals surface area contributed by atoms with Gasteiger partial charge in [-0.25, -0.2) is 4.98 Å². The molecule has 0 atom stereocenters. The van der Waals surface area contributed by atoms with E-state index in [0.717, 1.165) is 12.8 Å². The van der Waals surface area contributed by atoms with E-state index in [4.69, 9.17) is 0 Å². The van der Waals surface area contributed by atoms with Crippen LogP contribution in [0, 0.1) is 10.1 Å². The molecule has 2 N–H and O–H groups in total. The standard InChI is InChI=1S/C13H22N4O2/c1-5-7-13(3,4)16-12-9-10(17(18)19)8-11(15-12)14-6-2/h8-9H,5-7H2,1-4H3,(H2,14,15,16). The molecule has 0 unspecified atom stereocenters. The van der Waals surface area contributed by atoms with Gasteiger partial charge in [0.2, 0.25) is 0 Å². The molecule has 106 valence electrons. The van der Waals surface area contributed by atoms with Crippen LogP contribution in [-0.4, -0.2) is 22.0 Å². The Labute approximate surface area is 113 Å². The Bertz CT molecular complexity index is 446. The molecule has 1 aromatic heterocycles. The van der Waals surface area contributed by atoms with E-state index in [0.29, 0.717) is 18.2 Å². The predicted octanol–water partition coefficient (Wildman–Crippen LogP) is 3.41. The Hall–Kier alpha value is -1.85. The average Bonchev–Trinajstić information content (AvgIpc) is 2.27. The van der Waals surface area contributed by atoms with E-state index >= 15 is 0 Å². The van der Waals surface area contributed by atoms with Gasteiger partial charge in [-0.05, 0) is 27.2 Å². The maximum absolute atomic E-state index is 10.9. The van der Waals surface area contributed by atoms with Crippen LogP contribution in [0.3, 0.4) is 0 Å². The summed E-state index contributed by atoms with van der Waals surface area (Å²) in [4.78, 5) is 14.9. The molecule has 0 aliphatic rings. The maximum atomic E-state index is 10.9. The van der Waals surface area contributed by atoms with Crippen molar-refractivity contribution in [3.05, 3.63) is 22.2 Å². The first-order valence-electron chi connectivity index (χ1n) is 6.56. The normalized spacial score (nSPS) is 11.2. The molecule has 0 fully saturated rings. The van der Waals surface area contributed by atoms with E-state index in [2.05, 4.69) is 36.4 Å². The van der Waals surface area contributed by atoms with Crippen molar-refractivity contribution in [2.24, 2.45) is 0 Å². The van der Waals surface area contributed by atoms with Crippen LogP contribution in [0.1, 0.15) is 40.5 Å². The minimum absolute atomic E-state index is 0.0424. The van der Waals surface area contributed by atoms with Crippen LogP contribution in [0.25, 0.3) is 0 Å². The van der Waals surface area contributed by atoms with Crippen LogP contribution in [-0.2, 0) is 0 Å². The van der Waals surface area contributed by atoms with E-state index in [1.54, 1.807) is 0 Å². The van der Waals surface area contributed by atoms with Crippen molar-refractivity contribution in [3.63, 3.8) is 0 Å². The molecule has 0 aliphatic heterocycles. The Morgan fingerprint density at radius 1 is 1.32 bits per heavy atom. The number of hydrogen-bond donors (Lipinski definition) is 2. The van der Waals surface area contributed by atoms with Crippen molar-refractivity contribution >= 4 is 17.3 Å². The van der Waals surface area contributed by atoms with E-state index in [9.17, 15) is 10.1 Å². The first kappa shape index (κ1) is 15.2. The lowest BCUT2D eigenvalue weighted by Crippen LogP contribution is -2.31. The molecule has 1 aromatic rings. The lowest BCUT2D eigenvalue weighted by atomic mass is 9.99. The zero-order valence-corrected chi connectivity index (χ0v) is 12.0. The topological polar surface area (TPSA) is 80.1 Å². The third-order valence-corrected chi connectivity index (χ3v) is 2.72. The second kappa shape index (κ2) is 6.36. The average molecular weight is 266 g/mol. The van der Waals surface area contributed by atoms with Crippen LogP contribution in [0.4, 0.5) is 17.3 Å². The monoisotopic (exact) mass is 266 g/mol. The molecule has 6 heteroatoms. The lowest BCUT2D eigenvalue weighted by Gasteiger charge is -2.26. The van der Waals surface area contributed by atoms with E-state index < -0.39 is 4.92 Å². The summed E-state index contributed by atoms with van der Waals surface area (Å²) in [6.45, 7) is 8.82. The second-order valence-corrected chi connectivity index (χ2v) is 5.14. The molecule has 1 heterocycles. The zero-order chi connectivity index (χ0) is 14.5. The minimum Gasteiger partial charge on any atom is -0.370 e. The van der Waals surface area contributed by atoms with Gasteiger partial charge >= 0.3 is 0 Å². The Kier molecular flexibility index (Phi) is 5.09. The summed E-state index contributed by atoms with van der Waals surface area (Å²) in [7, 11) is 0. The third kappa shape index (κ3) is 4.73. The van der Waals surface area contributed by atoms with E-state index in [1.807, 2.05) is 6.92 Å². The molecule has 0 spiro atoms. The zero-order valence-electron chi connectivity index (χ0n) is 12.0. The molecule has 1 rings (SSSR count). The first-order valence-corrected chi connectivity index (χ1v) is 6.56. The Morgan fingerprint density at radius 2 is 1.95 bits per heavy atom. The molecule has 0 bridgehead atoms. The number of anilines is 2. The van der Waals surface area contributed by atoms with Crippen molar-refractivity contribution in [2.45, 2.75) is 46.1 Å². The molecule has 0 aromatic carbocycles. The van der Waals surface area contributed by atoms with Crippen molar-refractivity contribution < 1.29 is 4.92 Å². The highest BCUT2D eigenvalue weighted by atomic mass is 16.6. The largest absolute Gasteiger partial charge is 0.370 e. The first-order chi connectivity index (χ1) is 8.88. The molecule has 0 radical (unpaired) electrons. The van der Waals surface area contributed by atoms with Gasteiger partial charge in [0.15, 0.2) is 0 Å². The molecule has 19 heavy (non-hydrogen) atoms. The molecule has 0 saturated carbocycles. The van der Waals surface area contributed by atoms with Gasteiger partial charge in [-0.3, -0.25) is 10.1 Å². The fraction of sp³-hybridized carbons (Fsp3) is 0.615. The highest BCUT2D eigenvalue weighted by molar-refractivity contribution is 5.55. The van der Waals surface area contributed by atoms with Crippen molar-refractivity contribution in [2.75, 3.05) is 17.2 Å². The molecular weight excluding hydrogens is 244 g/mol. The molecular formula is C13H22N4O2. The van der Waals surface area contributed by atoms with E-state index in [1.165, 1.54) is 12.1 Å². The molecule has 6 nitrogen and oxygen atoms in total. The second-order valence-electron chi connectivity index (χ2n) is 5.14.